The number of fused-ring (bicyclic) bond motifs is 4. The maximum atomic E-state index is 15.2. The van der Waals surface area contributed by atoms with Crippen molar-refractivity contribution in [1.82, 2.24) is 10.1 Å². The third kappa shape index (κ3) is 4.00. The highest BCUT2D eigenvalue weighted by Crippen LogP contribution is 2.66. The van der Waals surface area contributed by atoms with E-state index in [1.165, 1.54) is 26.4 Å². The lowest BCUT2D eigenvalue weighted by molar-refractivity contribution is -0.173. The molecule has 236 valence electrons. The average Bonchev–Trinajstić information content (AvgIpc) is 3.42. The summed E-state index contributed by atoms with van der Waals surface area (Å²) < 4.78 is 11.6. The van der Waals surface area contributed by atoms with Crippen LogP contribution in [0.4, 0.5) is 5.69 Å². The molecule has 2 aliphatic carbocycles. The lowest BCUT2D eigenvalue weighted by atomic mass is 9.49. The Morgan fingerprint density at radius 3 is 2.15 bits per heavy atom. The quantitative estimate of drug-likeness (QED) is 0.210. The molecule has 4 aliphatic rings. The highest BCUT2D eigenvalue weighted by molar-refractivity contribution is 6.13. The molecule has 3 aromatic rings. The average molecular weight is 624 g/mol. The fourth-order valence-corrected chi connectivity index (χ4v) is 8.25. The first-order chi connectivity index (χ1) is 22.1. The molecule has 6 atom stereocenters. The van der Waals surface area contributed by atoms with Gasteiger partial charge in [0.2, 0.25) is 0 Å². The van der Waals surface area contributed by atoms with Gasteiger partial charge in [0.05, 0.1) is 43.1 Å². The van der Waals surface area contributed by atoms with Crippen LogP contribution in [0.25, 0.3) is 0 Å². The maximum Gasteiger partial charge on any atom is 0.260 e. The van der Waals surface area contributed by atoms with Gasteiger partial charge in [-0.05, 0) is 43.4 Å². The highest BCUT2D eigenvalue weighted by atomic mass is 16.5. The number of anilines is 1. The Hall–Kier alpha value is -5.16. The van der Waals surface area contributed by atoms with Crippen LogP contribution in [0.1, 0.15) is 35.4 Å². The van der Waals surface area contributed by atoms with E-state index in [0.717, 1.165) is 10.6 Å². The minimum atomic E-state index is -1.55. The van der Waals surface area contributed by atoms with E-state index in [2.05, 4.69) is 5.43 Å². The second-order valence-electron chi connectivity index (χ2n) is 12.3. The van der Waals surface area contributed by atoms with Crippen LogP contribution >= 0.6 is 0 Å². The van der Waals surface area contributed by atoms with E-state index in [-0.39, 0.29) is 35.2 Å². The second-order valence-corrected chi connectivity index (χ2v) is 12.3. The number of hydroxylamine groups is 2. The molecule has 4 amide bonds. The summed E-state index contributed by atoms with van der Waals surface area (Å²) in [5, 5.41) is 22.2. The first-order valence-electron chi connectivity index (χ1n) is 15.1. The molecule has 3 N–H and O–H groups in total. The predicted molar refractivity (Wildman–Crippen MR) is 164 cm³/mol. The summed E-state index contributed by atoms with van der Waals surface area (Å²) in [5.74, 6) is -6.40. The van der Waals surface area contributed by atoms with Crippen LogP contribution in [0.2, 0.25) is 0 Å². The van der Waals surface area contributed by atoms with Crippen LogP contribution in [0.5, 0.6) is 17.2 Å². The Balaban J connectivity index is 1.52. The van der Waals surface area contributed by atoms with Gasteiger partial charge in [-0.1, -0.05) is 59.7 Å². The first-order valence-corrected chi connectivity index (χ1v) is 15.1. The van der Waals surface area contributed by atoms with Gasteiger partial charge < -0.3 is 14.6 Å². The molecule has 7 rings (SSSR count). The SMILES string of the molecule is COc1cc(O)cc(OC)c1C1C2=CCC3C(=O)N(O)C(=O)C3C2CC2C(=O)N(Nc3ccc(C)cc3)C(=O)C21c1ccccc1. The topological polar surface area (TPSA) is 146 Å². The monoisotopic (exact) mass is 623 g/mol. The Morgan fingerprint density at radius 2 is 1.52 bits per heavy atom. The van der Waals surface area contributed by atoms with Crippen molar-refractivity contribution in [3.05, 3.63) is 95.1 Å². The summed E-state index contributed by atoms with van der Waals surface area (Å²) in [6, 6.07) is 19.2. The molecule has 3 fully saturated rings. The number of imide groups is 2. The molecule has 11 heteroatoms. The molecule has 1 saturated carbocycles. The van der Waals surface area contributed by atoms with E-state index >= 15 is 4.79 Å². The number of nitrogens with one attached hydrogen (secondary N) is 1. The van der Waals surface area contributed by atoms with Crippen LogP contribution in [-0.2, 0) is 24.6 Å². The molecule has 2 saturated heterocycles. The molecule has 11 nitrogen and oxygen atoms in total. The number of benzene rings is 3. The number of hydrazine groups is 1. The van der Waals surface area contributed by atoms with Crippen molar-refractivity contribution >= 4 is 29.3 Å². The zero-order valence-electron chi connectivity index (χ0n) is 25.5. The van der Waals surface area contributed by atoms with Gasteiger partial charge in [0.15, 0.2) is 0 Å². The van der Waals surface area contributed by atoms with E-state index in [1.54, 1.807) is 24.3 Å². The molecular formula is C35H33N3O8. The second kappa shape index (κ2) is 10.7. The number of ether oxygens (including phenoxy) is 2. The number of amides is 4. The number of nitrogens with zero attached hydrogens (tertiary/aromatic N) is 2. The number of hydrogen-bond donors (Lipinski definition) is 3. The molecule has 46 heavy (non-hydrogen) atoms. The summed E-state index contributed by atoms with van der Waals surface area (Å²) >= 11 is 0. The molecular weight excluding hydrogens is 590 g/mol. The van der Waals surface area contributed by atoms with Crippen molar-refractivity contribution in [3.63, 3.8) is 0 Å². The van der Waals surface area contributed by atoms with Gasteiger partial charge >= 0.3 is 0 Å². The molecule has 0 radical (unpaired) electrons. The van der Waals surface area contributed by atoms with E-state index in [9.17, 15) is 24.7 Å². The molecule has 0 spiro atoms. The van der Waals surface area contributed by atoms with Crippen molar-refractivity contribution in [2.75, 3.05) is 19.6 Å². The number of hydrogen-bond acceptors (Lipinski definition) is 9. The number of allylic oxidation sites excluding steroid dienone is 2. The number of rotatable bonds is 6. The van der Waals surface area contributed by atoms with Gasteiger partial charge in [-0.15, -0.1) is 0 Å². The summed E-state index contributed by atoms with van der Waals surface area (Å²) in [7, 11) is 2.87. The fourth-order valence-electron chi connectivity index (χ4n) is 8.25. The molecule has 0 aromatic heterocycles. The molecule has 3 aromatic carbocycles. The first kappa shape index (κ1) is 29.5. The van der Waals surface area contributed by atoms with Crippen molar-refractivity contribution in [2.24, 2.45) is 23.7 Å². The predicted octanol–water partition coefficient (Wildman–Crippen LogP) is 4.09. The third-order valence-corrected chi connectivity index (χ3v) is 10.2. The van der Waals surface area contributed by atoms with Crippen LogP contribution in [0.3, 0.4) is 0 Å². The minimum absolute atomic E-state index is 0.0740. The standard InChI is InChI=1S/C35H33N3O8/c1-18-9-11-20(12-10-18)36-37-32(41)25-17-24-22(13-14-23-28(24)33(42)38(44)31(23)40)30(29-26(45-2)15-21(39)16-27(29)46-3)35(25,34(37)43)19-7-5-4-6-8-19/h4-13,15-16,23-25,28,30,36,39,44H,14,17H2,1-3H3. The smallest absolute Gasteiger partial charge is 0.260 e. The summed E-state index contributed by atoms with van der Waals surface area (Å²) in [6.45, 7) is 1.93. The van der Waals surface area contributed by atoms with E-state index in [0.29, 0.717) is 22.4 Å². The Labute approximate surface area is 264 Å². The zero-order valence-corrected chi connectivity index (χ0v) is 25.5. The Morgan fingerprint density at radius 1 is 0.870 bits per heavy atom. The van der Waals surface area contributed by atoms with Crippen molar-refractivity contribution in [2.45, 2.75) is 31.1 Å². The Bertz CT molecular complexity index is 1780. The van der Waals surface area contributed by atoms with Gasteiger partial charge in [0.1, 0.15) is 17.2 Å². The van der Waals surface area contributed by atoms with Gasteiger partial charge in [-0.25, -0.2) is 0 Å². The van der Waals surface area contributed by atoms with Gasteiger partial charge in [0.25, 0.3) is 23.6 Å². The normalized spacial score (nSPS) is 28.4. The highest BCUT2D eigenvalue weighted by Gasteiger charge is 2.71. The van der Waals surface area contributed by atoms with Crippen LogP contribution in [0.15, 0.2) is 78.4 Å². The lowest BCUT2D eigenvalue weighted by Crippen LogP contribution is -2.53. The molecule has 0 bridgehead atoms. The van der Waals surface area contributed by atoms with E-state index in [1.807, 2.05) is 43.3 Å². The Kier molecular flexibility index (Phi) is 6.89. The van der Waals surface area contributed by atoms with Crippen molar-refractivity contribution in [1.29, 1.82) is 0 Å². The minimum Gasteiger partial charge on any atom is -0.508 e. The fraction of sp³-hybridized carbons (Fsp3) is 0.314. The third-order valence-electron chi connectivity index (χ3n) is 10.2. The van der Waals surface area contributed by atoms with Crippen LogP contribution in [-0.4, -0.2) is 58.2 Å². The van der Waals surface area contributed by atoms with E-state index < -0.39 is 58.6 Å². The summed E-state index contributed by atoms with van der Waals surface area (Å²) in [6.07, 6.45) is 2.09. The lowest BCUT2D eigenvalue weighted by Gasteiger charge is -2.50. The summed E-state index contributed by atoms with van der Waals surface area (Å²) in [5.41, 5.74) is 4.70. The molecule has 2 heterocycles. The largest absolute Gasteiger partial charge is 0.508 e. The summed E-state index contributed by atoms with van der Waals surface area (Å²) in [4.78, 5) is 56.2. The molecule has 2 aliphatic heterocycles. The van der Waals surface area contributed by atoms with Gasteiger partial charge in [-0.2, -0.15) is 10.1 Å². The van der Waals surface area contributed by atoms with Crippen molar-refractivity contribution < 1.29 is 39.0 Å². The van der Waals surface area contributed by atoms with Crippen LogP contribution in [0, 0.1) is 30.6 Å². The van der Waals surface area contributed by atoms with Crippen molar-refractivity contribution in [3.8, 4) is 17.2 Å². The number of carbonyl (C=O) groups is 4. The van der Waals surface area contributed by atoms with Gasteiger partial charge in [0, 0.05) is 23.6 Å². The van der Waals surface area contributed by atoms with E-state index in [4.69, 9.17) is 9.47 Å². The number of carbonyl (C=O) groups excluding carboxylic acids is 4. The number of phenolic OH excluding ortho intramolecular Hbond substituents is 1. The molecule has 6 unspecified atom stereocenters. The number of aromatic hydroxyl groups is 1. The number of phenols is 1. The zero-order chi connectivity index (χ0) is 32.5. The number of methoxy groups -OCH3 is 2. The maximum absolute atomic E-state index is 15.2. The number of aryl methyl sites for hydroxylation is 1. The van der Waals surface area contributed by atoms with Crippen LogP contribution < -0.4 is 14.9 Å². The van der Waals surface area contributed by atoms with Gasteiger partial charge in [-0.3, -0.25) is 29.8 Å².